The van der Waals surface area contributed by atoms with Crippen LogP contribution < -0.4 is 15.0 Å². The Morgan fingerprint density at radius 2 is 1.94 bits per heavy atom. The number of carbonyl (C=O) groups excluding carboxylic acids is 1. The number of hydrogen-bond acceptors (Lipinski definition) is 7. The van der Waals surface area contributed by atoms with Gasteiger partial charge in [-0.3, -0.25) is 9.59 Å². The van der Waals surface area contributed by atoms with Gasteiger partial charge < -0.3 is 9.47 Å². The molecule has 2 aromatic carbocycles. The van der Waals surface area contributed by atoms with E-state index in [2.05, 4.69) is 22.2 Å². The predicted molar refractivity (Wildman–Crippen MR) is 116 cm³/mol. The summed E-state index contributed by atoms with van der Waals surface area (Å²) in [5, 5.41) is 11.6. The first-order valence-corrected chi connectivity index (χ1v) is 10.7. The molecule has 1 aliphatic rings. The molecule has 0 radical (unpaired) electrons. The minimum Gasteiger partial charge on any atom is -0.454 e. The fourth-order valence-corrected chi connectivity index (χ4v) is 4.12. The molecular weight excluding hydrogens is 416 g/mol. The van der Waals surface area contributed by atoms with E-state index in [4.69, 9.17) is 9.47 Å². The van der Waals surface area contributed by atoms with Crippen molar-refractivity contribution in [3.05, 3.63) is 70.0 Å². The van der Waals surface area contributed by atoms with Gasteiger partial charge in [-0.25, -0.2) is 9.61 Å². The lowest BCUT2D eigenvalue weighted by molar-refractivity contribution is 0.102. The molecular formula is C22H18N4O4S. The molecule has 31 heavy (non-hydrogen) atoms. The summed E-state index contributed by atoms with van der Waals surface area (Å²) >= 11 is 1.21. The van der Waals surface area contributed by atoms with Gasteiger partial charge in [0.25, 0.3) is 5.56 Å². The van der Waals surface area contributed by atoms with Crippen molar-refractivity contribution in [2.24, 2.45) is 0 Å². The fraction of sp³-hybridized carbons (Fsp3) is 0.182. The van der Waals surface area contributed by atoms with Gasteiger partial charge in [0.15, 0.2) is 17.3 Å². The van der Waals surface area contributed by atoms with E-state index >= 15 is 0 Å². The maximum absolute atomic E-state index is 12.7. The molecule has 3 heterocycles. The third-order valence-electron chi connectivity index (χ3n) is 5.06. The second-order valence-electron chi connectivity index (χ2n) is 6.99. The average molecular weight is 434 g/mol. The summed E-state index contributed by atoms with van der Waals surface area (Å²) in [5.74, 6) is 1.23. The summed E-state index contributed by atoms with van der Waals surface area (Å²) in [6.07, 6.45) is 0.952. The Morgan fingerprint density at radius 1 is 1.13 bits per heavy atom. The molecule has 0 saturated heterocycles. The zero-order chi connectivity index (χ0) is 21.4. The number of aromatic nitrogens is 4. The zero-order valence-corrected chi connectivity index (χ0v) is 17.4. The van der Waals surface area contributed by atoms with Crippen LogP contribution >= 0.6 is 11.8 Å². The van der Waals surface area contributed by atoms with Crippen molar-refractivity contribution in [3.8, 4) is 22.8 Å². The van der Waals surface area contributed by atoms with E-state index in [1.165, 1.54) is 21.8 Å². The Bertz CT molecular complexity index is 1340. The first-order valence-electron chi connectivity index (χ1n) is 9.76. The molecule has 0 bridgehead atoms. The summed E-state index contributed by atoms with van der Waals surface area (Å²) in [5.41, 5.74) is 3.37. The van der Waals surface area contributed by atoms with E-state index in [-0.39, 0.29) is 23.9 Å². The lowest BCUT2D eigenvalue weighted by atomic mass is 10.1. The molecule has 1 N–H and O–H groups in total. The van der Waals surface area contributed by atoms with Gasteiger partial charge in [-0.15, -0.1) is 5.10 Å². The molecule has 4 aromatic rings. The molecule has 0 amide bonds. The normalized spacial score (nSPS) is 12.4. The van der Waals surface area contributed by atoms with Crippen molar-refractivity contribution in [1.29, 1.82) is 0 Å². The molecule has 0 saturated carbocycles. The van der Waals surface area contributed by atoms with E-state index in [0.29, 0.717) is 33.4 Å². The van der Waals surface area contributed by atoms with Crippen LogP contribution in [0.1, 0.15) is 22.8 Å². The number of hydrogen-bond donors (Lipinski definition) is 1. The van der Waals surface area contributed by atoms with Crippen LogP contribution in [-0.4, -0.2) is 38.1 Å². The molecule has 0 atom stereocenters. The number of ketones is 1. The van der Waals surface area contributed by atoms with Gasteiger partial charge in [-0.05, 0) is 36.2 Å². The van der Waals surface area contributed by atoms with Gasteiger partial charge in [0, 0.05) is 11.1 Å². The lowest BCUT2D eigenvalue weighted by Crippen LogP contribution is -2.14. The Labute approximate surface area is 181 Å². The minimum absolute atomic E-state index is 0.0908. The summed E-state index contributed by atoms with van der Waals surface area (Å²) < 4.78 is 12.1. The van der Waals surface area contributed by atoms with E-state index in [1.54, 1.807) is 24.3 Å². The zero-order valence-electron chi connectivity index (χ0n) is 16.6. The van der Waals surface area contributed by atoms with Crippen molar-refractivity contribution in [3.63, 3.8) is 0 Å². The number of aromatic amines is 1. The maximum Gasteiger partial charge on any atom is 0.290 e. The molecule has 156 valence electrons. The van der Waals surface area contributed by atoms with Crippen LogP contribution in [0.3, 0.4) is 0 Å². The second-order valence-corrected chi connectivity index (χ2v) is 7.93. The van der Waals surface area contributed by atoms with Crippen molar-refractivity contribution in [2.75, 3.05) is 12.5 Å². The van der Waals surface area contributed by atoms with Gasteiger partial charge in [0.2, 0.25) is 11.9 Å². The van der Waals surface area contributed by atoms with Gasteiger partial charge in [0.05, 0.1) is 11.4 Å². The van der Waals surface area contributed by atoms with Crippen LogP contribution in [0.15, 0.2) is 58.5 Å². The third kappa shape index (κ3) is 3.68. The van der Waals surface area contributed by atoms with Gasteiger partial charge >= 0.3 is 0 Å². The number of H-pyrrole nitrogens is 1. The molecule has 1 aliphatic heterocycles. The first-order chi connectivity index (χ1) is 15.1. The summed E-state index contributed by atoms with van der Waals surface area (Å²) in [6, 6.07) is 14.9. The average Bonchev–Trinajstić information content (AvgIpc) is 3.46. The van der Waals surface area contributed by atoms with E-state index in [1.807, 2.05) is 24.3 Å². The highest BCUT2D eigenvalue weighted by Gasteiger charge is 2.18. The number of aryl methyl sites for hydroxylation is 1. The highest BCUT2D eigenvalue weighted by atomic mass is 32.2. The summed E-state index contributed by atoms with van der Waals surface area (Å²) in [4.78, 5) is 24.9. The van der Waals surface area contributed by atoms with Crippen LogP contribution in [0.4, 0.5) is 0 Å². The standard InChI is InChI=1S/C22H18N4O4S/c1-2-13-3-5-14(6-4-13)16-10-17-21(28)23-24-22(26(17)25-16)31-11-18(27)15-7-8-19-20(9-15)30-12-29-19/h3-10H,2,11-12H2,1H3,(H,23,28). The Kier molecular flexibility index (Phi) is 4.95. The molecule has 8 nitrogen and oxygen atoms in total. The molecule has 0 unspecified atom stereocenters. The number of Topliss-reactive ketones (excluding diaryl/α,β-unsaturated/α-hetero) is 1. The van der Waals surface area contributed by atoms with Gasteiger partial charge in [-0.2, -0.15) is 5.10 Å². The number of nitrogens with one attached hydrogen (secondary N) is 1. The topological polar surface area (TPSA) is 98.6 Å². The number of benzene rings is 2. The van der Waals surface area contributed by atoms with Crippen LogP contribution in [0.2, 0.25) is 0 Å². The fourth-order valence-electron chi connectivity index (χ4n) is 3.32. The molecule has 9 heteroatoms. The highest BCUT2D eigenvalue weighted by Crippen LogP contribution is 2.33. The van der Waals surface area contributed by atoms with E-state index < -0.39 is 0 Å². The predicted octanol–water partition coefficient (Wildman–Crippen LogP) is 3.35. The molecule has 0 spiro atoms. The lowest BCUT2D eigenvalue weighted by Gasteiger charge is -2.04. The van der Waals surface area contributed by atoms with Crippen molar-refractivity contribution < 1.29 is 14.3 Å². The van der Waals surface area contributed by atoms with Crippen LogP contribution in [0, 0.1) is 0 Å². The Morgan fingerprint density at radius 3 is 2.74 bits per heavy atom. The number of ether oxygens (including phenoxy) is 2. The molecule has 5 rings (SSSR count). The van der Waals surface area contributed by atoms with Gasteiger partial charge in [0.1, 0.15) is 5.52 Å². The highest BCUT2D eigenvalue weighted by molar-refractivity contribution is 7.99. The quantitative estimate of drug-likeness (QED) is 0.367. The first kappa shape index (κ1) is 19.4. The second kappa shape index (κ2) is 7.92. The molecule has 2 aromatic heterocycles. The van der Waals surface area contributed by atoms with Crippen molar-refractivity contribution in [1.82, 2.24) is 19.8 Å². The van der Waals surface area contributed by atoms with Gasteiger partial charge in [-0.1, -0.05) is 43.0 Å². The molecule has 0 fully saturated rings. The number of nitrogens with zero attached hydrogens (tertiary/aromatic N) is 3. The largest absolute Gasteiger partial charge is 0.454 e. The van der Waals surface area contributed by atoms with Crippen molar-refractivity contribution >= 4 is 23.1 Å². The minimum atomic E-state index is -0.338. The number of thioether (sulfide) groups is 1. The van der Waals surface area contributed by atoms with Crippen LogP contribution in [0.5, 0.6) is 11.5 Å². The smallest absolute Gasteiger partial charge is 0.290 e. The molecule has 0 aliphatic carbocycles. The Balaban J connectivity index is 1.40. The Hall–Kier alpha value is -3.59. The maximum atomic E-state index is 12.7. The van der Waals surface area contributed by atoms with E-state index in [9.17, 15) is 9.59 Å². The van der Waals surface area contributed by atoms with Crippen LogP contribution in [-0.2, 0) is 6.42 Å². The number of fused-ring (bicyclic) bond motifs is 2. The monoisotopic (exact) mass is 434 g/mol. The summed E-state index contributed by atoms with van der Waals surface area (Å²) in [7, 11) is 0. The SMILES string of the molecule is CCc1ccc(-c2cc3c(=O)[nH]nc(SCC(=O)c4ccc5c(c4)OCO5)n3n2)cc1. The van der Waals surface area contributed by atoms with Crippen molar-refractivity contribution in [2.45, 2.75) is 18.5 Å². The number of carbonyl (C=O) groups is 1. The van der Waals surface area contributed by atoms with Crippen LogP contribution in [0.25, 0.3) is 16.8 Å². The van der Waals surface area contributed by atoms with E-state index in [0.717, 1.165) is 12.0 Å². The summed E-state index contributed by atoms with van der Waals surface area (Å²) in [6.45, 7) is 2.25. The third-order valence-corrected chi connectivity index (χ3v) is 5.99. The number of rotatable bonds is 6.